The predicted molar refractivity (Wildman–Crippen MR) is 95.6 cm³/mol. The van der Waals surface area contributed by atoms with Crippen molar-refractivity contribution in [2.75, 3.05) is 31.1 Å². The second-order valence-electron chi connectivity index (χ2n) is 6.38. The van der Waals surface area contributed by atoms with E-state index in [9.17, 15) is 9.59 Å². The van der Waals surface area contributed by atoms with Crippen molar-refractivity contribution in [1.29, 1.82) is 0 Å². The first kappa shape index (κ1) is 15.6. The molecule has 0 atom stereocenters. The molecule has 0 unspecified atom stereocenters. The Morgan fingerprint density at radius 1 is 0.960 bits per heavy atom. The summed E-state index contributed by atoms with van der Waals surface area (Å²) in [5, 5.41) is 1.72. The maximum absolute atomic E-state index is 12.2. The van der Waals surface area contributed by atoms with E-state index in [-0.39, 0.29) is 5.91 Å². The molecule has 2 aromatic carbocycles. The van der Waals surface area contributed by atoms with Crippen LogP contribution in [0, 0.1) is 0 Å². The van der Waals surface area contributed by atoms with E-state index in [2.05, 4.69) is 34.2 Å². The number of carbonyl (C=O) groups excluding carboxylic acids is 2. The number of fused-ring (bicyclic) bond motifs is 1. The molecule has 5 nitrogen and oxygen atoms in total. The van der Waals surface area contributed by atoms with Gasteiger partial charge in [0.1, 0.15) is 0 Å². The molecule has 126 valence electrons. The molecule has 0 spiro atoms. The lowest BCUT2D eigenvalue weighted by atomic mass is 10.0. The summed E-state index contributed by atoms with van der Waals surface area (Å²) in [5.74, 6) is -0.129. The number of hydrogen-bond donors (Lipinski definition) is 0. The normalized spacial score (nSPS) is 16.6. The molecular formula is C20H19N3O2. The van der Waals surface area contributed by atoms with Gasteiger partial charge in [-0.1, -0.05) is 30.3 Å². The van der Waals surface area contributed by atoms with Crippen LogP contribution in [0.25, 0.3) is 5.57 Å². The molecular weight excluding hydrogens is 314 g/mol. The summed E-state index contributed by atoms with van der Waals surface area (Å²) >= 11 is 0. The van der Waals surface area contributed by atoms with E-state index in [0.29, 0.717) is 6.42 Å². The summed E-state index contributed by atoms with van der Waals surface area (Å²) in [4.78, 5) is 31.2. The zero-order chi connectivity index (χ0) is 17.2. The van der Waals surface area contributed by atoms with Crippen LogP contribution in [0.4, 0.5) is 5.69 Å². The Labute approximate surface area is 145 Å². The fourth-order valence-corrected chi connectivity index (χ4v) is 3.40. The van der Waals surface area contributed by atoms with Crippen LogP contribution >= 0.6 is 0 Å². The second kappa shape index (κ2) is 6.51. The van der Waals surface area contributed by atoms with Crippen molar-refractivity contribution in [2.24, 2.45) is 4.99 Å². The van der Waals surface area contributed by atoms with Crippen molar-refractivity contribution in [3.05, 3.63) is 64.7 Å². The Morgan fingerprint density at radius 3 is 2.40 bits per heavy atom. The molecule has 0 radical (unpaired) electrons. The average molecular weight is 333 g/mol. The molecule has 0 aliphatic carbocycles. The Morgan fingerprint density at radius 2 is 1.68 bits per heavy atom. The highest BCUT2D eigenvalue weighted by molar-refractivity contribution is 6.15. The van der Waals surface area contributed by atoms with Crippen molar-refractivity contribution in [3.8, 4) is 0 Å². The molecule has 2 amide bonds. The molecule has 2 heterocycles. The summed E-state index contributed by atoms with van der Waals surface area (Å²) in [6, 6.07) is 16.0. The van der Waals surface area contributed by atoms with Crippen LogP contribution in [0.3, 0.4) is 0 Å². The Hall–Kier alpha value is -2.95. The van der Waals surface area contributed by atoms with E-state index in [1.54, 1.807) is 4.90 Å². The van der Waals surface area contributed by atoms with E-state index in [1.165, 1.54) is 0 Å². The van der Waals surface area contributed by atoms with Crippen LogP contribution in [0.1, 0.15) is 5.56 Å². The van der Waals surface area contributed by atoms with Gasteiger partial charge in [0, 0.05) is 49.1 Å². The molecule has 1 fully saturated rings. The molecule has 2 aliphatic rings. The highest BCUT2D eigenvalue weighted by atomic mass is 16.1. The van der Waals surface area contributed by atoms with E-state index >= 15 is 0 Å². The first-order valence-electron chi connectivity index (χ1n) is 8.49. The number of carbonyl (C=O) groups is 2. The minimum atomic E-state index is -0.129. The topological polar surface area (TPSA) is 53.0 Å². The maximum Gasteiger partial charge on any atom is 0.274 e. The number of benzene rings is 2. The van der Waals surface area contributed by atoms with Crippen LogP contribution in [0.15, 0.2) is 53.5 Å². The first-order valence-corrected chi connectivity index (χ1v) is 8.49. The molecule has 1 saturated heterocycles. The standard InChI is InChI=1S/C20H19N3O2/c24-14-22-9-11-23(12-10-22)16-7-5-15(6-8-16)13-18-17-3-1-2-4-19(17)21-20(18)25/h1-8,14H,9-13H2. The van der Waals surface area contributed by atoms with Crippen LogP contribution in [-0.4, -0.2) is 43.4 Å². The largest absolute Gasteiger partial charge is 0.368 e. The third-order valence-electron chi connectivity index (χ3n) is 4.86. The van der Waals surface area contributed by atoms with E-state index in [4.69, 9.17) is 0 Å². The lowest BCUT2D eigenvalue weighted by Crippen LogP contribution is -2.45. The zero-order valence-electron chi connectivity index (χ0n) is 13.9. The second-order valence-corrected chi connectivity index (χ2v) is 6.38. The summed E-state index contributed by atoms with van der Waals surface area (Å²) in [5.41, 5.74) is 3.02. The summed E-state index contributed by atoms with van der Waals surface area (Å²) in [7, 11) is 0. The summed E-state index contributed by atoms with van der Waals surface area (Å²) in [6.07, 6.45) is 1.51. The van der Waals surface area contributed by atoms with Gasteiger partial charge in [-0.05, 0) is 23.8 Å². The van der Waals surface area contributed by atoms with Gasteiger partial charge in [0.05, 0.1) is 5.36 Å². The van der Waals surface area contributed by atoms with Gasteiger partial charge in [-0.15, -0.1) is 0 Å². The van der Waals surface area contributed by atoms with Gasteiger partial charge in [-0.3, -0.25) is 9.59 Å². The van der Waals surface area contributed by atoms with Gasteiger partial charge in [-0.2, -0.15) is 0 Å². The number of para-hydroxylation sites is 1. The Balaban J connectivity index is 1.51. The van der Waals surface area contributed by atoms with Gasteiger partial charge >= 0.3 is 0 Å². The van der Waals surface area contributed by atoms with Crippen LogP contribution in [0.2, 0.25) is 0 Å². The highest BCUT2D eigenvalue weighted by Crippen LogP contribution is 2.19. The van der Waals surface area contributed by atoms with Gasteiger partial charge in [0.15, 0.2) is 0 Å². The number of amides is 2. The molecule has 4 rings (SSSR count). The van der Waals surface area contributed by atoms with Crippen molar-refractivity contribution >= 4 is 23.6 Å². The smallest absolute Gasteiger partial charge is 0.274 e. The van der Waals surface area contributed by atoms with Crippen LogP contribution < -0.4 is 15.5 Å². The molecule has 2 aliphatic heterocycles. The fourth-order valence-electron chi connectivity index (χ4n) is 3.40. The van der Waals surface area contributed by atoms with Crippen LogP contribution in [0.5, 0.6) is 0 Å². The number of anilines is 1. The third-order valence-corrected chi connectivity index (χ3v) is 4.86. The van der Waals surface area contributed by atoms with Crippen molar-refractivity contribution in [2.45, 2.75) is 6.42 Å². The number of nitrogens with zero attached hydrogens (tertiary/aromatic N) is 3. The van der Waals surface area contributed by atoms with Gasteiger partial charge in [0.25, 0.3) is 5.91 Å². The highest BCUT2D eigenvalue weighted by Gasteiger charge is 2.18. The monoisotopic (exact) mass is 333 g/mol. The first-order chi connectivity index (χ1) is 12.2. The van der Waals surface area contributed by atoms with Crippen molar-refractivity contribution in [1.82, 2.24) is 4.90 Å². The Bertz CT molecular complexity index is 926. The lowest BCUT2D eigenvalue weighted by molar-refractivity contribution is -0.118. The Kier molecular flexibility index (Phi) is 4.06. The SMILES string of the molecule is O=CN1CCN(c2ccc(CC3=c4ccccc4=NC3=O)cc2)CC1. The molecule has 0 bridgehead atoms. The van der Waals surface area contributed by atoms with Gasteiger partial charge in [0.2, 0.25) is 6.41 Å². The van der Waals surface area contributed by atoms with Gasteiger partial charge in [-0.25, -0.2) is 4.99 Å². The van der Waals surface area contributed by atoms with E-state index in [0.717, 1.165) is 60.0 Å². The zero-order valence-corrected chi connectivity index (χ0v) is 13.9. The minimum Gasteiger partial charge on any atom is -0.368 e. The quantitative estimate of drug-likeness (QED) is 0.767. The minimum absolute atomic E-state index is 0.129. The molecule has 0 saturated carbocycles. The molecule has 2 aromatic rings. The van der Waals surface area contributed by atoms with Crippen LogP contribution in [-0.2, 0) is 16.0 Å². The number of hydrogen-bond acceptors (Lipinski definition) is 3. The molecule has 0 aromatic heterocycles. The van der Waals surface area contributed by atoms with Crippen molar-refractivity contribution < 1.29 is 9.59 Å². The predicted octanol–water partition coefficient (Wildman–Crippen LogP) is 0.518. The van der Waals surface area contributed by atoms with E-state index in [1.807, 2.05) is 24.3 Å². The summed E-state index contributed by atoms with van der Waals surface area (Å²) in [6.45, 7) is 3.21. The lowest BCUT2D eigenvalue weighted by Gasteiger charge is -2.34. The molecule has 5 heteroatoms. The summed E-state index contributed by atoms with van der Waals surface area (Å²) < 4.78 is 0. The van der Waals surface area contributed by atoms with Gasteiger partial charge < -0.3 is 9.80 Å². The average Bonchev–Trinajstić information content (AvgIpc) is 2.98. The number of piperazine rings is 1. The fraction of sp³-hybridized carbons (Fsp3) is 0.250. The maximum atomic E-state index is 12.2. The van der Waals surface area contributed by atoms with E-state index < -0.39 is 0 Å². The van der Waals surface area contributed by atoms with Crippen molar-refractivity contribution in [3.63, 3.8) is 0 Å². The third kappa shape index (κ3) is 3.05. The molecule has 25 heavy (non-hydrogen) atoms. The number of rotatable bonds is 4. The molecule has 0 N–H and O–H groups in total.